The van der Waals surface area contributed by atoms with Gasteiger partial charge in [-0.3, -0.25) is 19.3 Å². The van der Waals surface area contributed by atoms with Crippen molar-refractivity contribution in [2.75, 3.05) is 20.2 Å². The van der Waals surface area contributed by atoms with Crippen molar-refractivity contribution < 1.29 is 24.2 Å². The minimum Gasteiger partial charge on any atom is -0.481 e. The van der Waals surface area contributed by atoms with Crippen molar-refractivity contribution >= 4 is 17.7 Å². The molecule has 1 unspecified atom stereocenters. The summed E-state index contributed by atoms with van der Waals surface area (Å²) in [6.07, 6.45) is -0.109. The van der Waals surface area contributed by atoms with Crippen LogP contribution in [-0.2, 0) is 19.1 Å². The number of hydrogen-bond donors (Lipinski definition) is 1. The molecule has 0 fully saturated rings. The topological polar surface area (TPSA) is 83.9 Å². The summed E-state index contributed by atoms with van der Waals surface area (Å²) in [5, 5.41) is 8.55. The van der Waals surface area contributed by atoms with Gasteiger partial charge in [0.1, 0.15) is 5.78 Å². The van der Waals surface area contributed by atoms with Crippen molar-refractivity contribution in [2.45, 2.75) is 32.7 Å². The Hall–Kier alpha value is -1.43. The molecule has 0 aliphatic carbocycles. The van der Waals surface area contributed by atoms with Crippen molar-refractivity contribution in [3.63, 3.8) is 0 Å². The van der Waals surface area contributed by atoms with E-state index < -0.39 is 18.0 Å². The molecule has 1 atom stereocenters. The molecule has 0 aromatic rings. The molecular weight excluding hydrogens is 226 g/mol. The number of rotatable bonds is 8. The molecule has 0 heterocycles. The molecule has 0 aliphatic heterocycles. The van der Waals surface area contributed by atoms with Gasteiger partial charge in [-0.2, -0.15) is 0 Å². The number of carbonyl (C=O) groups excluding carboxylic acids is 2. The van der Waals surface area contributed by atoms with E-state index in [0.29, 0.717) is 0 Å². The van der Waals surface area contributed by atoms with Crippen LogP contribution in [0.25, 0.3) is 0 Å². The lowest BCUT2D eigenvalue weighted by molar-refractivity contribution is -0.146. The van der Waals surface area contributed by atoms with Gasteiger partial charge in [-0.15, -0.1) is 0 Å². The molecule has 0 spiro atoms. The van der Waals surface area contributed by atoms with Gasteiger partial charge in [0.25, 0.3) is 0 Å². The van der Waals surface area contributed by atoms with E-state index in [9.17, 15) is 14.4 Å². The lowest BCUT2D eigenvalue weighted by atomic mass is 10.1. The number of carboxylic acids is 1. The number of nitrogens with zero attached hydrogens (tertiary/aromatic N) is 1. The second-order valence-corrected chi connectivity index (χ2v) is 3.76. The van der Waals surface area contributed by atoms with Crippen LogP contribution in [-0.4, -0.2) is 54.0 Å². The van der Waals surface area contributed by atoms with Crippen LogP contribution in [0.2, 0.25) is 0 Å². The quantitative estimate of drug-likeness (QED) is 0.619. The highest BCUT2D eigenvalue weighted by molar-refractivity contribution is 5.86. The second kappa shape index (κ2) is 7.78. The van der Waals surface area contributed by atoms with Gasteiger partial charge in [0.15, 0.2) is 0 Å². The van der Waals surface area contributed by atoms with Crippen LogP contribution in [0.5, 0.6) is 0 Å². The van der Waals surface area contributed by atoms with Crippen molar-refractivity contribution in [1.82, 2.24) is 4.90 Å². The molecule has 0 amide bonds. The molecule has 0 aromatic carbocycles. The van der Waals surface area contributed by atoms with Gasteiger partial charge in [-0.05, 0) is 20.9 Å². The highest BCUT2D eigenvalue weighted by atomic mass is 16.5. The van der Waals surface area contributed by atoms with E-state index >= 15 is 0 Å². The Morgan fingerprint density at radius 1 is 1.35 bits per heavy atom. The summed E-state index contributed by atoms with van der Waals surface area (Å²) in [5.74, 6) is -1.56. The van der Waals surface area contributed by atoms with Gasteiger partial charge in [0.2, 0.25) is 0 Å². The number of aliphatic carboxylic acids is 1. The molecule has 98 valence electrons. The summed E-state index contributed by atoms with van der Waals surface area (Å²) < 4.78 is 4.76. The predicted octanol–water partition coefficient (Wildman–Crippen LogP) is 0.304. The number of Topliss-reactive ketones (excluding diaryl/α,β-unsaturated/α-hetero) is 1. The molecular formula is C11H19NO5. The third kappa shape index (κ3) is 6.68. The fourth-order valence-corrected chi connectivity index (χ4v) is 1.42. The van der Waals surface area contributed by atoms with Crippen LogP contribution in [0.15, 0.2) is 0 Å². The third-order valence-electron chi connectivity index (χ3n) is 2.35. The molecule has 17 heavy (non-hydrogen) atoms. The van der Waals surface area contributed by atoms with Crippen LogP contribution >= 0.6 is 0 Å². The molecule has 0 saturated heterocycles. The average Bonchev–Trinajstić information content (AvgIpc) is 2.22. The summed E-state index contributed by atoms with van der Waals surface area (Å²) in [6.45, 7) is 3.55. The first-order valence-corrected chi connectivity index (χ1v) is 5.46. The van der Waals surface area contributed by atoms with Crippen molar-refractivity contribution in [2.24, 2.45) is 0 Å². The maximum Gasteiger partial charge on any atom is 0.307 e. The van der Waals surface area contributed by atoms with E-state index in [1.54, 1.807) is 18.9 Å². The van der Waals surface area contributed by atoms with Crippen molar-refractivity contribution in [3.05, 3.63) is 0 Å². The van der Waals surface area contributed by atoms with Crippen LogP contribution in [0.1, 0.15) is 26.7 Å². The molecule has 0 aliphatic rings. The lowest BCUT2D eigenvalue weighted by Gasteiger charge is -2.24. The number of hydrogen-bond acceptors (Lipinski definition) is 5. The first-order valence-electron chi connectivity index (χ1n) is 5.46. The van der Waals surface area contributed by atoms with Gasteiger partial charge >= 0.3 is 11.9 Å². The largest absolute Gasteiger partial charge is 0.481 e. The molecule has 0 saturated carbocycles. The Morgan fingerprint density at radius 2 is 1.94 bits per heavy atom. The summed E-state index contributed by atoms with van der Waals surface area (Å²) in [6, 6.07) is -0.617. The van der Waals surface area contributed by atoms with E-state index in [1.807, 2.05) is 0 Å². The molecule has 6 nitrogen and oxygen atoms in total. The summed E-state index contributed by atoms with van der Waals surface area (Å²) in [4.78, 5) is 34.6. The fourth-order valence-electron chi connectivity index (χ4n) is 1.42. The standard InChI is InChI=1S/C11H19NO5/c1-4-17-11(16)7-9(8(2)13)12(3)6-5-10(14)15/h9H,4-7H2,1-3H3,(H,14,15). The molecule has 1 N–H and O–H groups in total. The zero-order valence-electron chi connectivity index (χ0n) is 10.4. The molecule has 0 radical (unpaired) electrons. The second-order valence-electron chi connectivity index (χ2n) is 3.76. The number of likely N-dealkylation sites (N-methyl/N-ethyl adjacent to an activating group) is 1. The normalized spacial score (nSPS) is 12.2. The maximum absolute atomic E-state index is 11.4. The molecule has 0 aromatic heterocycles. The smallest absolute Gasteiger partial charge is 0.307 e. The zero-order valence-corrected chi connectivity index (χ0v) is 10.4. The van der Waals surface area contributed by atoms with Crippen LogP contribution in [0.4, 0.5) is 0 Å². The Bertz CT molecular complexity index is 290. The Labute approximate surface area is 101 Å². The number of ketones is 1. The molecule has 0 bridgehead atoms. The molecule has 0 rings (SSSR count). The predicted molar refractivity (Wildman–Crippen MR) is 60.6 cm³/mol. The van der Waals surface area contributed by atoms with Crippen LogP contribution in [0.3, 0.4) is 0 Å². The zero-order chi connectivity index (χ0) is 13.4. The first kappa shape index (κ1) is 15.6. The van der Waals surface area contributed by atoms with E-state index in [2.05, 4.69) is 0 Å². The van der Waals surface area contributed by atoms with Gasteiger partial charge in [-0.1, -0.05) is 0 Å². The summed E-state index contributed by atoms with van der Waals surface area (Å²) in [7, 11) is 1.62. The van der Waals surface area contributed by atoms with Gasteiger partial charge < -0.3 is 9.84 Å². The monoisotopic (exact) mass is 245 g/mol. The van der Waals surface area contributed by atoms with Crippen molar-refractivity contribution in [3.8, 4) is 0 Å². The SMILES string of the molecule is CCOC(=O)CC(C(C)=O)N(C)CCC(=O)O. The van der Waals surface area contributed by atoms with Crippen LogP contribution in [0, 0.1) is 0 Å². The van der Waals surface area contributed by atoms with Crippen LogP contribution < -0.4 is 0 Å². The maximum atomic E-state index is 11.4. The average molecular weight is 245 g/mol. The lowest BCUT2D eigenvalue weighted by Crippen LogP contribution is -2.40. The minimum atomic E-state index is -0.935. The Kier molecular flexibility index (Phi) is 7.13. The number of carboxylic acid groups (broad SMARTS) is 1. The number of ether oxygens (including phenoxy) is 1. The summed E-state index contributed by atoms with van der Waals surface area (Å²) in [5.41, 5.74) is 0. The van der Waals surface area contributed by atoms with Gasteiger partial charge in [0.05, 0.1) is 25.5 Å². The van der Waals surface area contributed by atoms with Gasteiger partial charge in [0, 0.05) is 6.54 Å². The fraction of sp³-hybridized carbons (Fsp3) is 0.727. The minimum absolute atomic E-state index is 0.0424. The highest BCUT2D eigenvalue weighted by Crippen LogP contribution is 2.06. The van der Waals surface area contributed by atoms with Crippen molar-refractivity contribution in [1.29, 1.82) is 0 Å². The summed E-state index contributed by atoms with van der Waals surface area (Å²) >= 11 is 0. The van der Waals surface area contributed by atoms with E-state index in [-0.39, 0.29) is 31.8 Å². The molecule has 6 heteroatoms. The first-order chi connectivity index (χ1) is 7.88. The Balaban J connectivity index is 4.35. The van der Waals surface area contributed by atoms with E-state index in [4.69, 9.17) is 9.84 Å². The van der Waals surface area contributed by atoms with Gasteiger partial charge in [-0.25, -0.2) is 0 Å². The van der Waals surface area contributed by atoms with E-state index in [1.165, 1.54) is 6.92 Å². The van der Waals surface area contributed by atoms with E-state index in [0.717, 1.165) is 0 Å². The number of carbonyl (C=O) groups is 3. The third-order valence-corrected chi connectivity index (χ3v) is 2.35. The highest BCUT2D eigenvalue weighted by Gasteiger charge is 2.23. The number of esters is 1. The Morgan fingerprint density at radius 3 is 2.35 bits per heavy atom.